The Hall–Kier alpha value is -1.39. The summed E-state index contributed by atoms with van der Waals surface area (Å²) in [5.41, 5.74) is -0.725. The first kappa shape index (κ1) is 14.7. The van der Waals surface area contributed by atoms with Gasteiger partial charge < -0.3 is 10.0 Å². The summed E-state index contributed by atoms with van der Waals surface area (Å²) in [5.74, 6) is -2.16. The van der Waals surface area contributed by atoms with Crippen molar-refractivity contribution in [3.8, 4) is 0 Å². The van der Waals surface area contributed by atoms with Crippen LogP contribution in [0.4, 0.5) is 0 Å². The van der Waals surface area contributed by atoms with Crippen molar-refractivity contribution in [3.63, 3.8) is 0 Å². The predicted molar refractivity (Wildman–Crippen MR) is 66.1 cm³/mol. The highest BCUT2D eigenvalue weighted by Crippen LogP contribution is 2.25. The summed E-state index contributed by atoms with van der Waals surface area (Å²) < 4.78 is 0. The van der Waals surface area contributed by atoms with Crippen LogP contribution in [0, 0.1) is 5.41 Å². The number of piperidine rings is 1. The largest absolute Gasteiger partial charge is 0.480 e. The molecular formula is C13H21NO4. The third-order valence-electron chi connectivity index (χ3n) is 3.74. The Balaban J connectivity index is 2.87. The van der Waals surface area contributed by atoms with Gasteiger partial charge in [-0.3, -0.25) is 9.59 Å². The summed E-state index contributed by atoms with van der Waals surface area (Å²) in [6.07, 6.45) is 2.53. The van der Waals surface area contributed by atoms with Crippen molar-refractivity contribution in [2.75, 3.05) is 6.54 Å². The lowest BCUT2D eigenvalue weighted by molar-refractivity contribution is -0.158. The molecule has 1 rings (SSSR count). The van der Waals surface area contributed by atoms with E-state index in [1.807, 2.05) is 6.92 Å². The molecule has 0 aromatic rings. The highest BCUT2D eigenvalue weighted by Gasteiger charge is 2.39. The zero-order valence-corrected chi connectivity index (χ0v) is 11.2. The van der Waals surface area contributed by atoms with Gasteiger partial charge in [-0.2, -0.15) is 0 Å². The van der Waals surface area contributed by atoms with E-state index < -0.39 is 29.1 Å². The minimum Gasteiger partial charge on any atom is -0.480 e. The van der Waals surface area contributed by atoms with Crippen LogP contribution in [0.15, 0.2) is 0 Å². The first-order valence-corrected chi connectivity index (χ1v) is 6.39. The number of ketones is 1. The number of amides is 1. The highest BCUT2D eigenvalue weighted by atomic mass is 16.4. The smallest absolute Gasteiger partial charge is 0.326 e. The third-order valence-corrected chi connectivity index (χ3v) is 3.74. The van der Waals surface area contributed by atoms with E-state index >= 15 is 0 Å². The van der Waals surface area contributed by atoms with Crippen LogP contribution in [0.1, 0.15) is 46.5 Å². The van der Waals surface area contributed by atoms with Gasteiger partial charge in [-0.1, -0.05) is 20.8 Å². The molecule has 0 bridgehead atoms. The Morgan fingerprint density at radius 1 is 1.28 bits per heavy atom. The van der Waals surface area contributed by atoms with E-state index in [0.29, 0.717) is 19.4 Å². The molecule has 1 atom stereocenters. The second kappa shape index (κ2) is 5.50. The number of rotatable bonds is 4. The van der Waals surface area contributed by atoms with Crippen LogP contribution in [0.3, 0.4) is 0 Å². The minimum absolute atomic E-state index is 0.362. The molecule has 1 aliphatic heterocycles. The summed E-state index contributed by atoms with van der Waals surface area (Å²) in [7, 11) is 0. The molecule has 1 N–H and O–H groups in total. The van der Waals surface area contributed by atoms with Gasteiger partial charge in [0.1, 0.15) is 6.04 Å². The molecule has 0 radical (unpaired) electrons. The number of carboxylic acid groups (broad SMARTS) is 1. The van der Waals surface area contributed by atoms with Gasteiger partial charge in [0.15, 0.2) is 0 Å². The molecular weight excluding hydrogens is 234 g/mol. The van der Waals surface area contributed by atoms with Crippen LogP contribution in [0.2, 0.25) is 0 Å². The van der Waals surface area contributed by atoms with Crippen LogP contribution in [-0.2, 0) is 14.4 Å². The average Bonchev–Trinajstić information content (AvgIpc) is 2.36. The molecule has 0 spiro atoms. The number of hydrogen-bond acceptors (Lipinski definition) is 3. The Bertz CT molecular complexity index is 362. The lowest BCUT2D eigenvalue weighted by Crippen LogP contribution is -2.52. The molecule has 1 saturated heterocycles. The molecule has 5 nitrogen and oxygen atoms in total. The molecule has 0 unspecified atom stereocenters. The molecule has 18 heavy (non-hydrogen) atoms. The Morgan fingerprint density at radius 2 is 1.89 bits per heavy atom. The van der Waals surface area contributed by atoms with Crippen LogP contribution in [-0.4, -0.2) is 40.3 Å². The lowest BCUT2D eigenvalue weighted by atomic mass is 9.84. The van der Waals surface area contributed by atoms with Crippen molar-refractivity contribution in [1.29, 1.82) is 0 Å². The van der Waals surface area contributed by atoms with Gasteiger partial charge in [0.25, 0.3) is 5.91 Å². The van der Waals surface area contributed by atoms with Crippen molar-refractivity contribution >= 4 is 17.7 Å². The summed E-state index contributed by atoms with van der Waals surface area (Å²) >= 11 is 0. The number of carboxylic acids is 1. The Morgan fingerprint density at radius 3 is 2.39 bits per heavy atom. The number of carbonyl (C=O) groups excluding carboxylic acids is 2. The van der Waals surface area contributed by atoms with Crippen LogP contribution >= 0.6 is 0 Å². The second-order valence-electron chi connectivity index (χ2n) is 5.41. The number of nitrogens with zero attached hydrogens (tertiary/aromatic N) is 1. The molecule has 0 aliphatic carbocycles. The molecule has 1 fully saturated rings. The maximum Gasteiger partial charge on any atom is 0.326 e. The van der Waals surface area contributed by atoms with Gasteiger partial charge in [-0.25, -0.2) is 4.79 Å². The van der Waals surface area contributed by atoms with Crippen LogP contribution < -0.4 is 0 Å². The van der Waals surface area contributed by atoms with Gasteiger partial charge in [-0.15, -0.1) is 0 Å². The van der Waals surface area contributed by atoms with Gasteiger partial charge in [0, 0.05) is 12.0 Å². The van der Waals surface area contributed by atoms with Gasteiger partial charge in [0.2, 0.25) is 5.78 Å². The van der Waals surface area contributed by atoms with Crippen molar-refractivity contribution in [2.45, 2.75) is 52.5 Å². The van der Waals surface area contributed by atoms with Crippen molar-refractivity contribution in [1.82, 2.24) is 4.90 Å². The van der Waals surface area contributed by atoms with E-state index in [4.69, 9.17) is 5.11 Å². The summed E-state index contributed by atoms with van der Waals surface area (Å²) in [6.45, 7) is 5.64. The molecule has 0 aromatic heterocycles. The lowest BCUT2D eigenvalue weighted by Gasteiger charge is -2.34. The maximum absolute atomic E-state index is 12.1. The van der Waals surface area contributed by atoms with Crippen LogP contribution in [0.25, 0.3) is 0 Å². The highest BCUT2D eigenvalue weighted by molar-refractivity contribution is 6.38. The van der Waals surface area contributed by atoms with Crippen molar-refractivity contribution < 1.29 is 19.5 Å². The van der Waals surface area contributed by atoms with E-state index in [1.54, 1.807) is 13.8 Å². The number of hydrogen-bond donors (Lipinski definition) is 1. The van der Waals surface area contributed by atoms with E-state index in [1.165, 1.54) is 4.90 Å². The Kier molecular flexibility index (Phi) is 4.48. The van der Waals surface area contributed by atoms with Gasteiger partial charge in [-0.05, 0) is 25.7 Å². The predicted octanol–water partition coefficient (Wildman–Crippen LogP) is 1.46. The number of likely N-dealkylation sites (tertiary alicyclic amines) is 1. The summed E-state index contributed by atoms with van der Waals surface area (Å²) in [5, 5.41) is 9.09. The number of carbonyl (C=O) groups is 3. The quantitative estimate of drug-likeness (QED) is 0.772. The molecule has 1 aliphatic rings. The zero-order valence-electron chi connectivity index (χ0n) is 11.2. The SMILES string of the molecule is CCC(C)(C)C(=O)C(=O)N1CCCC[C@@H]1C(=O)O. The fourth-order valence-electron chi connectivity index (χ4n) is 2.01. The van der Waals surface area contributed by atoms with Crippen molar-refractivity contribution in [2.24, 2.45) is 5.41 Å². The van der Waals surface area contributed by atoms with Crippen molar-refractivity contribution in [3.05, 3.63) is 0 Å². The van der Waals surface area contributed by atoms with E-state index in [9.17, 15) is 14.4 Å². The third kappa shape index (κ3) is 2.89. The maximum atomic E-state index is 12.1. The molecule has 5 heteroatoms. The number of aliphatic carboxylic acids is 1. The van der Waals surface area contributed by atoms with E-state index in [2.05, 4.69) is 0 Å². The minimum atomic E-state index is -1.02. The van der Waals surface area contributed by atoms with E-state index in [0.717, 1.165) is 12.8 Å². The zero-order chi connectivity index (χ0) is 13.9. The molecule has 1 amide bonds. The van der Waals surface area contributed by atoms with Crippen LogP contribution in [0.5, 0.6) is 0 Å². The molecule has 1 heterocycles. The normalized spacial score (nSPS) is 20.6. The summed E-state index contributed by atoms with van der Waals surface area (Å²) in [6, 6.07) is -0.845. The molecule has 102 valence electrons. The topological polar surface area (TPSA) is 74.7 Å². The first-order valence-electron chi connectivity index (χ1n) is 6.39. The van der Waals surface area contributed by atoms with Gasteiger partial charge in [0.05, 0.1) is 0 Å². The fourth-order valence-corrected chi connectivity index (χ4v) is 2.01. The second-order valence-corrected chi connectivity index (χ2v) is 5.41. The first-order chi connectivity index (χ1) is 8.31. The summed E-state index contributed by atoms with van der Waals surface area (Å²) in [4.78, 5) is 36.5. The standard InChI is InChI=1S/C13H21NO4/c1-4-13(2,3)10(15)11(16)14-8-6-5-7-9(14)12(17)18/h9H,4-8H2,1-3H3,(H,17,18)/t9-/m1/s1. The monoisotopic (exact) mass is 255 g/mol. The molecule has 0 saturated carbocycles. The number of Topliss-reactive ketones (excluding diaryl/α,β-unsaturated/α-hetero) is 1. The van der Waals surface area contributed by atoms with Gasteiger partial charge >= 0.3 is 5.97 Å². The Labute approximate surface area is 107 Å². The molecule has 0 aromatic carbocycles. The van der Waals surface area contributed by atoms with E-state index in [-0.39, 0.29) is 0 Å². The fraction of sp³-hybridized carbons (Fsp3) is 0.769. The average molecular weight is 255 g/mol.